The fourth-order valence-corrected chi connectivity index (χ4v) is 5.85. The highest BCUT2D eigenvalue weighted by molar-refractivity contribution is 7.86. The van der Waals surface area contributed by atoms with E-state index in [9.17, 15) is 8.42 Å². The first kappa shape index (κ1) is 13.2. The Morgan fingerprint density at radius 1 is 1.53 bits per heavy atom. The van der Waals surface area contributed by atoms with Gasteiger partial charge in [-0.2, -0.15) is 8.42 Å². The summed E-state index contributed by atoms with van der Waals surface area (Å²) in [4.78, 5) is 0. The van der Waals surface area contributed by atoms with Crippen LogP contribution in [0.5, 0.6) is 0 Å². The lowest BCUT2D eigenvalue weighted by Gasteiger charge is -2.23. The van der Waals surface area contributed by atoms with Gasteiger partial charge in [0, 0.05) is 9.52 Å². The van der Waals surface area contributed by atoms with E-state index in [0.717, 1.165) is 12.7 Å². The van der Waals surface area contributed by atoms with E-state index < -0.39 is 10.1 Å². The van der Waals surface area contributed by atoms with E-state index in [1.807, 2.05) is 6.92 Å². The highest BCUT2D eigenvalue weighted by Crippen LogP contribution is 2.55. The van der Waals surface area contributed by atoms with Gasteiger partial charge in [0.1, 0.15) is 0 Å². The predicted octanol–water partition coefficient (Wildman–Crippen LogP) is 1.69. The molecule has 0 N–H and O–H groups in total. The minimum atomic E-state index is -3.29. The molecule has 0 aromatic rings. The fourth-order valence-electron chi connectivity index (χ4n) is 1.98. The lowest BCUT2D eigenvalue weighted by atomic mass is 10.1. The molecule has 0 heterocycles. The molecular weight excluding hydrogens is 228 g/mol. The summed E-state index contributed by atoms with van der Waals surface area (Å²) < 4.78 is 27.3. The van der Waals surface area contributed by atoms with Crippen molar-refractivity contribution in [2.75, 3.05) is 6.26 Å². The lowest BCUT2D eigenvalue weighted by molar-refractivity contribution is 0.210. The summed E-state index contributed by atoms with van der Waals surface area (Å²) in [5, 5.41) is 0.420. The molecule has 1 aliphatic carbocycles. The first-order chi connectivity index (χ1) is 6.58. The summed E-state index contributed by atoms with van der Waals surface area (Å²) in [6.45, 7) is 8.68. The molecule has 1 aliphatic rings. The maximum absolute atomic E-state index is 11.1. The Kier molecular flexibility index (Phi) is 3.39. The first-order valence-corrected chi connectivity index (χ1v) is 8.83. The quantitative estimate of drug-likeness (QED) is 0.551. The molecule has 1 fully saturated rings. The van der Waals surface area contributed by atoms with E-state index in [-0.39, 0.29) is 15.1 Å². The van der Waals surface area contributed by atoms with Gasteiger partial charge in [-0.1, -0.05) is 27.2 Å². The zero-order valence-electron chi connectivity index (χ0n) is 10.3. The second-order valence-electron chi connectivity index (χ2n) is 5.72. The molecule has 90 valence electrons. The summed E-state index contributed by atoms with van der Waals surface area (Å²) in [5.74, 6) is 0. The smallest absolute Gasteiger partial charge is 0.264 e. The summed E-state index contributed by atoms with van der Waals surface area (Å²) in [6.07, 6.45) is 3.24. The Bertz CT molecular complexity index is 337. The van der Waals surface area contributed by atoms with Crippen LogP contribution in [0.2, 0.25) is 10.6 Å². The zero-order chi connectivity index (χ0) is 11.9. The van der Waals surface area contributed by atoms with Crippen LogP contribution in [0.1, 0.15) is 40.5 Å². The van der Waals surface area contributed by atoms with Gasteiger partial charge in [-0.15, -0.1) is 0 Å². The van der Waals surface area contributed by atoms with Crippen LogP contribution < -0.4 is 0 Å². The van der Waals surface area contributed by atoms with Crippen molar-refractivity contribution in [2.24, 2.45) is 0 Å². The Balaban J connectivity index is 2.52. The van der Waals surface area contributed by atoms with E-state index in [1.165, 1.54) is 6.42 Å². The second kappa shape index (κ2) is 3.86. The molecule has 2 unspecified atom stereocenters. The molecule has 0 aromatic heterocycles. The molecule has 0 bridgehead atoms. The van der Waals surface area contributed by atoms with Crippen molar-refractivity contribution in [3.8, 4) is 0 Å². The minimum absolute atomic E-state index is 0.277. The maximum Gasteiger partial charge on any atom is 0.264 e. The van der Waals surface area contributed by atoms with E-state index in [0.29, 0.717) is 10.6 Å². The van der Waals surface area contributed by atoms with Crippen LogP contribution >= 0.6 is 0 Å². The highest BCUT2D eigenvalue weighted by atomic mass is 32.2. The van der Waals surface area contributed by atoms with Gasteiger partial charge < -0.3 is 0 Å². The van der Waals surface area contributed by atoms with Crippen molar-refractivity contribution in [3.63, 3.8) is 0 Å². The normalized spacial score (nSPS) is 32.5. The average molecular weight is 250 g/mol. The Morgan fingerprint density at radius 2 is 2.07 bits per heavy atom. The Labute approximate surface area is 95.5 Å². The van der Waals surface area contributed by atoms with Crippen LogP contribution in [-0.2, 0) is 14.3 Å². The largest absolute Gasteiger partial charge is 0.264 e. The van der Waals surface area contributed by atoms with Gasteiger partial charge in [-0.05, 0) is 23.9 Å². The van der Waals surface area contributed by atoms with Crippen molar-refractivity contribution in [1.29, 1.82) is 0 Å². The third-order valence-corrected chi connectivity index (χ3v) is 7.39. The second-order valence-corrected chi connectivity index (χ2v) is 10.6. The van der Waals surface area contributed by atoms with Gasteiger partial charge in [-0.25, -0.2) is 0 Å². The van der Waals surface area contributed by atoms with Crippen LogP contribution in [0.4, 0.5) is 0 Å². The van der Waals surface area contributed by atoms with E-state index in [1.54, 1.807) is 0 Å². The van der Waals surface area contributed by atoms with Gasteiger partial charge in [0.15, 0.2) is 0 Å². The summed E-state index contributed by atoms with van der Waals surface area (Å²) >= 11 is 0. The van der Waals surface area contributed by atoms with Gasteiger partial charge in [0.05, 0.1) is 11.9 Å². The molecule has 0 radical (unpaired) electrons. The van der Waals surface area contributed by atoms with Crippen LogP contribution in [-0.4, -0.2) is 29.8 Å². The third-order valence-electron chi connectivity index (χ3n) is 3.45. The summed E-state index contributed by atoms with van der Waals surface area (Å²) in [7, 11) is -3.57. The Hall–Kier alpha value is 0.127. The molecule has 2 atom stereocenters. The van der Waals surface area contributed by atoms with Crippen molar-refractivity contribution < 1.29 is 12.6 Å². The lowest BCUT2D eigenvalue weighted by Crippen LogP contribution is -2.21. The van der Waals surface area contributed by atoms with Crippen molar-refractivity contribution >= 4 is 19.6 Å². The molecule has 0 saturated heterocycles. The van der Waals surface area contributed by atoms with Crippen LogP contribution in [0.15, 0.2) is 0 Å². The molecule has 0 aliphatic heterocycles. The van der Waals surface area contributed by atoms with Crippen molar-refractivity contribution in [2.45, 2.75) is 56.7 Å². The summed E-state index contributed by atoms with van der Waals surface area (Å²) in [5.41, 5.74) is 0.161. The molecule has 0 aromatic carbocycles. The molecular formula is C10H22O3SSi. The molecule has 0 amide bonds. The molecule has 0 spiro atoms. The Morgan fingerprint density at radius 3 is 2.47 bits per heavy atom. The monoisotopic (exact) mass is 250 g/mol. The molecule has 3 nitrogen and oxygen atoms in total. The van der Waals surface area contributed by atoms with Crippen molar-refractivity contribution in [3.05, 3.63) is 0 Å². The highest BCUT2D eigenvalue weighted by Gasteiger charge is 2.54. The SMILES string of the molecule is CCC(C)(C)[SiH2]C1CC1(C)OS(C)(=O)=O. The number of rotatable bonds is 5. The average Bonchev–Trinajstić information content (AvgIpc) is 2.55. The minimum Gasteiger partial charge on any atom is -0.264 e. The zero-order valence-corrected chi connectivity index (χ0v) is 12.6. The van der Waals surface area contributed by atoms with Gasteiger partial charge in [0.25, 0.3) is 10.1 Å². The number of hydrogen-bond donors (Lipinski definition) is 0. The van der Waals surface area contributed by atoms with E-state index in [4.69, 9.17) is 4.18 Å². The number of hydrogen-bond acceptors (Lipinski definition) is 3. The molecule has 1 rings (SSSR count). The van der Waals surface area contributed by atoms with Gasteiger partial charge in [-0.3, -0.25) is 4.18 Å². The fraction of sp³-hybridized carbons (Fsp3) is 1.00. The van der Waals surface area contributed by atoms with E-state index in [2.05, 4.69) is 20.8 Å². The van der Waals surface area contributed by atoms with Crippen LogP contribution in [0.25, 0.3) is 0 Å². The summed E-state index contributed by atoms with van der Waals surface area (Å²) in [6, 6.07) is 0. The van der Waals surface area contributed by atoms with Crippen molar-refractivity contribution in [1.82, 2.24) is 0 Å². The molecule has 1 saturated carbocycles. The van der Waals surface area contributed by atoms with Crippen LogP contribution in [0.3, 0.4) is 0 Å². The first-order valence-electron chi connectivity index (χ1n) is 5.49. The van der Waals surface area contributed by atoms with Crippen LogP contribution in [0, 0.1) is 0 Å². The van der Waals surface area contributed by atoms with Gasteiger partial charge in [0.2, 0.25) is 0 Å². The maximum atomic E-state index is 11.1. The molecule has 5 heteroatoms. The topological polar surface area (TPSA) is 43.4 Å². The standard InChI is InChI=1S/C10H22O3SSi/c1-6-9(2,3)15-8-7-10(8,4)13-14(5,11)12/h8H,6-7,15H2,1-5H3. The predicted molar refractivity (Wildman–Crippen MR) is 65.6 cm³/mol. The van der Waals surface area contributed by atoms with Gasteiger partial charge >= 0.3 is 0 Å². The molecule has 15 heavy (non-hydrogen) atoms. The van der Waals surface area contributed by atoms with E-state index >= 15 is 0 Å². The third kappa shape index (κ3) is 3.88.